The van der Waals surface area contributed by atoms with Crippen LogP contribution in [0.3, 0.4) is 0 Å². The van der Waals surface area contributed by atoms with E-state index in [0.717, 1.165) is 13.1 Å². The summed E-state index contributed by atoms with van der Waals surface area (Å²) in [4.78, 5) is 13.4. The average Bonchev–Trinajstić information content (AvgIpc) is 2.15. The molecule has 4 nitrogen and oxygen atoms in total. The molecule has 4 heteroatoms. The van der Waals surface area contributed by atoms with Crippen LogP contribution in [0.2, 0.25) is 0 Å². The Morgan fingerprint density at radius 2 is 2.43 bits per heavy atom. The van der Waals surface area contributed by atoms with E-state index >= 15 is 0 Å². The molecule has 1 atom stereocenters. The molecule has 1 unspecified atom stereocenters. The topological polar surface area (TPSA) is 41.6 Å². The van der Waals surface area contributed by atoms with Crippen LogP contribution in [-0.4, -0.2) is 51.2 Å². The summed E-state index contributed by atoms with van der Waals surface area (Å²) in [6.45, 7) is 3.23. The second-order valence-electron chi connectivity index (χ2n) is 4.01. The predicted molar refractivity (Wildman–Crippen MR) is 55.1 cm³/mol. The molecular formula is C10H20N2O2. The van der Waals surface area contributed by atoms with Gasteiger partial charge >= 0.3 is 0 Å². The average molecular weight is 200 g/mol. The number of hydrogen-bond acceptors (Lipinski definition) is 3. The largest absolute Gasteiger partial charge is 0.375 e. The van der Waals surface area contributed by atoms with Gasteiger partial charge in [-0.05, 0) is 32.4 Å². The van der Waals surface area contributed by atoms with Crippen molar-refractivity contribution in [3.8, 4) is 0 Å². The Labute approximate surface area is 85.6 Å². The quantitative estimate of drug-likeness (QED) is 0.699. The van der Waals surface area contributed by atoms with Gasteiger partial charge in [0.05, 0.1) is 0 Å². The molecule has 1 saturated heterocycles. The maximum Gasteiger partial charge on any atom is 0.245 e. The molecule has 82 valence electrons. The van der Waals surface area contributed by atoms with Crippen molar-refractivity contribution in [1.82, 2.24) is 10.2 Å². The lowest BCUT2D eigenvalue weighted by Gasteiger charge is -2.29. The molecule has 0 aromatic carbocycles. The van der Waals surface area contributed by atoms with E-state index < -0.39 is 0 Å². The van der Waals surface area contributed by atoms with Gasteiger partial charge in [0.15, 0.2) is 0 Å². The van der Waals surface area contributed by atoms with Crippen LogP contribution in [0.1, 0.15) is 12.8 Å². The van der Waals surface area contributed by atoms with Crippen molar-refractivity contribution in [1.29, 1.82) is 0 Å². The molecule has 1 aliphatic rings. The molecule has 1 amide bonds. The summed E-state index contributed by atoms with van der Waals surface area (Å²) >= 11 is 0. The van der Waals surface area contributed by atoms with Crippen molar-refractivity contribution in [2.24, 2.45) is 5.92 Å². The molecule has 0 spiro atoms. The fraction of sp³-hybridized carbons (Fsp3) is 0.900. The van der Waals surface area contributed by atoms with Crippen LogP contribution in [-0.2, 0) is 9.53 Å². The SMILES string of the molecule is COCC(=O)NCC1CCCN(C)C1. The van der Waals surface area contributed by atoms with Crippen molar-refractivity contribution < 1.29 is 9.53 Å². The molecule has 1 N–H and O–H groups in total. The molecular weight excluding hydrogens is 180 g/mol. The van der Waals surface area contributed by atoms with E-state index in [-0.39, 0.29) is 12.5 Å². The summed E-state index contributed by atoms with van der Waals surface area (Å²) in [5.41, 5.74) is 0. The summed E-state index contributed by atoms with van der Waals surface area (Å²) < 4.78 is 4.74. The van der Waals surface area contributed by atoms with Crippen LogP contribution in [0, 0.1) is 5.92 Å². The summed E-state index contributed by atoms with van der Waals surface area (Å²) in [6, 6.07) is 0. The minimum absolute atomic E-state index is 0.0132. The molecule has 1 rings (SSSR count). The van der Waals surface area contributed by atoms with Gasteiger partial charge in [-0.25, -0.2) is 0 Å². The van der Waals surface area contributed by atoms with E-state index in [1.54, 1.807) is 0 Å². The zero-order valence-electron chi connectivity index (χ0n) is 9.08. The molecule has 0 aromatic heterocycles. The van der Waals surface area contributed by atoms with Crippen LogP contribution < -0.4 is 5.32 Å². The van der Waals surface area contributed by atoms with Gasteiger partial charge in [-0.3, -0.25) is 4.79 Å². The van der Waals surface area contributed by atoms with Gasteiger partial charge in [-0.15, -0.1) is 0 Å². The predicted octanol–water partition coefficient (Wildman–Crippen LogP) is 0.0908. The third kappa shape index (κ3) is 4.07. The molecule has 0 saturated carbocycles. The molecule has 1 heterocycles. The Balaban J connectivity index is 2.14. The molecule has 1 aliphatic heterocycles. The third-order valence-corrected chi connectivity index (χ3v) is 2.59. The Morgan fingerprint density at radius 3 is 3.07 bits per heavy atom. The van der Waals surface area contributed by atoms with Crippen LogP contribution in [0.5, 0.6) is 0 Å². The van der Waals surface area contributed by atoms with Gasteiger partial charge in [0.1, 0.15) is 6.61 Å². The Bertz CT molecular complexity index is 185. The fourth-order valence-corrected chi connectivity index (χ4v) is 1.88. The second kappa shape index (κ2) is 5.98. The first-order valence-electron chi connectivity index (χ1n) is 5.16. The van der Waals surface area contributed by atoms with Gasteiger partial charge in [-0.2, -0.15) is 0 Å². The summed E-state index contributed by atoms with van der Waals surface area (Å²) in [7, 11) is 3.66. The molecule has 0 aromatic rings. The second-order valence-corrected chi connectivity index (χ2v) is 4.01. The van der Waals surface area contributed by atoms with Gasteiger partial charge in [0.2, 0.25) is 5.91 Å². The molecule has 14 heavy (non-hydrogen) atoms. The van der Waals surface area contributed by atoms with Crippen molar-refractivity contribution >= 4 is 5.91 Å². The first kappa shape index (κ1) is 11.5. The number of amides is 1. The molecule has 0 aliphatic carbocycles. The normalized spacial score (nSPS) is 23.4. The summed E-state index contributed by atoms with van der Waals surface area (Å²) in [5.74, 6) is 0.593. The van der Waals surface area contributed by atoms with E-state index in [4.69, 9.17) is 4.74 Å². The number of likely N-dealkylation sites (tertiary alicyclic amines) is 1. The highest BCUT2D eigenvalue weighted by Gasteiger charge is 2.17. The van der Waals surface area contributed by atoms with Gasteiger partial charge < -0.3 is 15.0 Å². The van der Waals surface area contributed by atoms with Crippen molar-refractivity contribution in [2.45, 2.75) is 12.8 Å². The number of methoxy groups -OCH3 is 1. The number of carbonyl (C=O) groups excluding carboxylic acids is 1. The van der Waals surface area contributed by atoms with Crippen LogP contribution in [0.4, 0.5) is 0 Å². The van der Waals surface area contributed by atoms with Crippen molar-refractivity contribution in [3.63, 3.8) is 0 Å². The standard InChI is InChI=1S/C10H20N2O2/c1-12-5-3-4-9(7-12)6-11-10(13)8-14-2/h9H,3-8H2,1-2H3,(H,11,13). The highest BCUT2D eigenvalue weighted by atomic mass is 16.5. The van der Waals surface area contributed by atoms with Gasteiger partial charge in [0.25, 0.3) is 0 Å². The minimum Gasteiger partial charge on any atom is -0.375 e. The highest BCUT2D eigenvalue weighted by Crippen LogP contribution is 2.13. The number of piperidine rings is 1. The van der Waals surface area contributed by atoms with E-state index in [9.17, 15) is 4.79 Å². The Morgan fingerprint density at radius 1 is 1.64 bits per heavy atom. The smallest absolute Gasteiger partial charge is 0.245 e. The number of ether oxygens (including phenoxy) is 1. The zero-order valence-corrected chi connectivity index (χ0v) is 9.08. The number of nitrogens with zero attached hydrogens (tertiary/aromatic N) is 1. The van der Waals surface area contributed by atoms with Crippen LogP contribution in [0.15, 0.2) is 0 Å². The lowest BCUT2D eigenvalue weighted by molar-refractivity contribution is -0.125. The van der Waals surface area contributed by atoms with E-state index in [1.807, 2.05) is 0 Å². The molecule has 0 bridgehead atoms. The zero-order chi connectivity index (χ0) is 10.4. The molecule has 1 fully saturated rings. The monoisotopic (exact) mass is 200 g/mol. The fourth-order valence-electron chi connectivity index (χ4n) is 1.88. The van der Waals surface area contributed by atoms with E-state index in [0.29, 0.717) is 5.92 Å². The number of rotatable bonds is 4. The lowest BCUT2D eigenvalue weighted by atomic mass is 9.98. The van der Waals surface area contributed by atoms with Crippen molar-refractivity contribution in [2.75, 3.05) is 40.4 Å². The Kier molecular flexibility index (Phi) is 4.90. The lowest BCUT2D eigenvalue weighted by Crippen LogP contribution is -2.39. The summed E-state index contributed by atoms with van der Waals surface area (Å²) in [6.07, 6.45) is 2.46. The Hall–Kier alpha value is -0.610. The van der Waals surface area contributed by atoms with Crippen LogP contribution >= 0.6 is 0 Å². The first-order chi connectivity index (χ1) is 6.72. The van der Waals surface area contributed by atoms with Gasteiger partial charge in [-0.1, -0.05) is 0 Å². The van der Waals surface area contributed by atoms with Gasteiger partial charge in [0, 0.05) is 20.2 Å². The maximum atomic E-state index is 11.1. The first-order valence-corrected chi connectivity index (χ1v) is 5.16. The number of carbonyl (C=O) groups is 1. The highest BCUT2D eigenvalue weighted by molar-refractivity contribution is 5.77. The third-order valence-electron chi connectivity index (χ3n) is 2.59. The summed E-state index contributed by atoms with van der Waals surface area (Å²) in [5, 5.41) is 2.88. The van der Waals surface area contributed by atoms with E-state index in [1.165, 1.54) is 26.5 Å². The van der Waals surface area contributed by atoms with Crippen LogP contribution in [0.25, 0.3) is 0 Å². The van der Waals surface area contributed by atoms with Crippen molar-refractivity contribution in [3.05, 3.63) is 0 Å². The minimum atomic E-state index is -0.0132. The maximum absolute atomic E-state index is 11.1. The number of hydrogen-bond donors (Lipinski definition) is 1. The molecule has 0 radical (unpaired) electrons. The number of nitrogens with one attached hydrogen (secondary N) is 1. The van der Waals surface area contributed by atoms with E-state index in [2.05, 4.69) is 17.3 Å².